The zero-order chi connectivity index (χ0) is 22.2. The topological polar surface area (TPSA) is 61.4 Å². The van der Waals surface area contributed by atoms with E-state index in [4.69, 9.17) is 4.74 Å². The minimum absolute atomic E-state index is 0.0179. The number of unbranched alkanes of at least 4 members (excludes halogenated alkanes) is 1. The molecule has 0 bridgehead atoms. The molecule has 5 heteroatoms. The molecule has 0 radical (unpaired) electrons. The lowest BCUT2D eigenvalue weighted by molar-refractivity contribution is -0.119. The van der Waals surface area contributed by atoms with Gasteiger partial charge in [0.1, 0.15) is 11.5 Å². The van der Waals surface area contributed by atoms with E-state index in [9.17, 15) is 9.35 Å². The predicted octanol–water partition coefficient (Wildman–Crippen LogP) is 5.43. The van der Waals surface area contributed by atoms with Crippen LogP contribution in [0.4, 0.5) is 5.69 Å². The van der Waals surface area contributed by atoms with Crippen LogP contribution in [0.5, 0.6) is 5.75 Å². The Kier molecular flexibility index (Phi) is 6.54. The molecule has 0 saturated carbocycles. The second kappa shape index (κ2) is 8.64. The molecule has 1 aliphatic rings. The van der Waals surface area contributed by atoms with Crippen molar-refractivity contribution < 1.29 is 14.1 Å². The quantitative estimate of drug-likeness (QED) is 0.474. The van der Waals surface area contributed by atoms with Crippen molar-refractivity contribution in [1.82, 2.24) is 0 Å². The van der Waals surface area contributed by atoms with Crippen LogP contribution in [0.25, 0.3) is 0 Å². The first kappa shape index (κ1) is 22.7. The standard InChI is InChI=1S/C25H33NO3S/c1-15-16(2)18(4)23(19(5)17(15)3)30(28)13-9-8-12-29-20-10-11-22-21(14-20)25(6,7)24(27)26-22/h10-11,14H,8-9,12-13H2,1-7H3,(H,26,27). The lowest BCUT2D eigenvalue weighted by Gasteiger charge is -2.20. The SMILES string of the molecule is Cc1c(C)c(C)c([S+]([O-])CCCCOc2ccc3c(c2)C(C)(C)C(=O)N3)c(C)c1C. The minimum atomic E-state index is -0.999. The first-order valence-corrected chi connectivity index (χ1v) is 11.9. The van der Waals surface area contributed by atoms with Crippen LogP contribution >= 0.6 is 0 Å². The third-order valence-corrected chi connectivity index (χ3v) is 8.36. The third kappa shape index (κ3) is 4.10. The molecule has 162 valence electrons. The van der Waals surface area contributed by atoms with Crippen molar-refractivity contribution in [3.05, 3.63) is 51.6 Å². The molecule has 4 nitrogen and oxygen atoms in total. The lowest BCUT2D eigenvalue weighted by Crippen LogP contribution is -2.26. The lowest BCUT2D eigenvalue weighted by atomic mass is 9.86. The molecule has 0 spiro atoms. The maximum Gasteiger partial charge on any atom is 0.234 e. The van der Waals surface area contributed by atoms with Gasteiger partial charge >= 0.3 is 0 Å². The van der Waals surface area contributed by atoms with Crippen LogP contribution in [0, 0.1) is 34.6 Å². The highest BCUT2D eigenvalue weighted by Crippen LogP contribution is 2.39. The zero-order valence-electron chi connectivity index (χ0n) is 19.2. The summed E-state index contributed by atoms with van der Waals surface area (Å²) in [7, 11) is 0. The molecule has 1 N–H and O–H groups in total. The molecule has 0 fully saturated rings. The van der Waals surface area contributed by atoms with Crippen LogP contribution in [0.2, 0.25) is 0 Å². The number of carbonyl (C=O) groups is 1. The van der Waals surface area contributed by atoms with E-state index in [1.165, 1.54) is 16.7 Å². The van der Waals surface area contributed by atoms with Gasteiger partial charge in [-0.3, -0.25) is 4.79 Å². The average Bonchev–Trinajstić information content (AvgIpc) is 2.93. The van der Waals surface area contributed by atoms with Crippen molar-refractivity contribution in [2.24, 2.45) is 0 Å². The summed E-state index contributed by atoms with van der Waals surface area (Å²) in [6.45, 7) is 15.0. The summed E-state index contributed by atoms with van der Waals surface area (Å²) in [5.74, 6) is 1.43. The molecule has 2 aromatic rings. The van der Waals surface area contributed by atoms with Crippen molar-refractivity contribution >= 4 is 22.8 Å². The van der Waals surface area contributed by atoms with Crippen LogP contribution in [0.1, 0.15) is 60.1 Å². The van der Waals surface area contributed by atoms with E-state index in [2.05, 4.69) is 39.9 Å². The molecule has 2 aromatic carbocycles. The fraction of sp³-hybridized carbons (Fsp3) is 0.480. The highest BCUT2D eigenvalue weighted by atomic mass is 32.2. The van der Waals surface area contributed by atoms with Gasteiger partial charge in [-0.05, 0) is 113 Å². The Morgan fingerprint density at radius 3 is 2.20 bits per heavy atom. The first-order chi connectivity index (χ1) is 14.1. The fourth-order valence-corrected chi connectivity index (χ4v) is 5.73. The number of hydrogen-bond acceptors (Lipinski definition) is 3. The van der Waals surface area contributed by atoms with Gasteiger partial charge in [-0.1, -0.05) is 0 Å². The summed E-state index contributed by atoms with van der Waals surface area (Å²) in [4.78, 5) is 13.1. The Bertz CT molecular complexity index is 952. The van der Waals surface area contributed by atoms with Crippen LogP contribution in [-0.4, -0.2) is 22.8 Å². The molecule has 3 rings (SSSR count). The van der Waals surface area contributed by atoms with Gasteiger partial charge in [-0.15, -0.1) is 0 Å². The molecule has 1 atom stereocenters. The summed E-state index contributed by atoms with van der Waals surface area (Å²) < 4.78 is 18.9. The number of carbonyl (C=O) groups excluding carboxylic acids is 1. The van der Waals surface area contributed by atoms with E-state index in [0.29, 0.717) is 12.4 Å². The molecule has 30 heavy (non-hydrogen) atoms. The maximum atomic E-state index is 13.0. The normalized spacial score (nSPS) is 15.7. The second-order valence-corrected chi connectivity index (χ2v) is 10.4. The highest BCUT2D eigenvalue weighted by Gasteiger charge is 2.38. The molecular weight excluding hydrogens is 394 g/mol. The Balaban J connectivity index is 1.55. The summed E-state index contributed by atoms with van der Waals surface area (Å²) in [6.07, 6.45) is 1.68. The average molecular weight is 428 g/mol. The molecule has 1 heterocycles. The van der Waals surface area contributed by atoms with Crippen LogP contribution in [-0.2, 0) is 21.4 Å². The molecular formula is C25H33NO3S. The number of amides is 1. The fourth-order valence-electron chi connectivity index (χ4n) is 4.07. The number of ether oxygens (including phenoxy) is 1. The van der Waals surface area contributed by atoms with Gasteiger partial charge in [0.25, 0.3) is 0 Å². The molecule has 1 amide bonds. The summed E-state index contributed by atoms with van der Waals surface area (Å²) in [6, 6.07) is 5.75. The van der Waals surface area contributed by atoms with Crippen LogP contribution in [0.3, 0.4) is 0 Å². The zero-order valence-corrected chi connectivity index (χ0v) is 20.0. The van der Waals surface area contributed by atoms with Gasteiger partial charge in [0.2, 0.25) is 5.91 Å². The van der Waals surface area contributed by atoms with E-state index in [0.717, 1.165) is 45.9 Å². The smallest absolute Gasteiger partial charge is 0.234 e. The monoisotopic (exact) mass is 427 g/mol. The first-order valence-electron chi connectivity index (χ1n) is 10.6. The number of anilines is 1. The van der Waals surface area contributed by atoms with E-state index in [1.807, 2.05) is 32.0 Å². The van der Waals surface area contributed by atoms with E-state index in [-0.39, 0.29) is 5.91 Å². The maximum absolute atomic E-state index is 13.0. The Morgan fingerprint density at radius 2 is 1.57 bits per heavy atom. The number of hydrogen-bond donors (Lipinski definition) is 1. The van der Waals surface area contributed by atoms with Crippen molar-refractivity contribution in [1.29, 1.82) is 0 Å². The van der Waals surface area contributed by atoms with Crippen LogP contribution < -0.4 is 10.1 Å². The predicted molar refractivity (Wildman–Crippen MR) is 124 cm³/mol. The minimum Gasteiger partial charge on any atom is -0.611 e. The number of fused-ring (bicyclic) bond motifs is 1. The van der Waals surface area contributed by atoms with Crippen molar-refractivity contribution in [3.8, 4) is 5.75 Å². The van der Waals surface area contributed by atoms with Crippen LogP contribution in [0.15, 0.2) is 23.1 Å². The number of nitrogens with one attached hydrogen (secondary N) is 1. The van der Waals surface area contributed by atoms with E-state index < -0.39 is 16.6 Å². The van der Waals surface area contributed by atoms with E-state index >= 15 is 0 Å². The van der Waals surface area contributed by atoms with Gasteiger partial charge in [-0.2, -0.15) is 0 Å². The molecule has 0 saturated heterocycles. The van der Waals surface area contributed by atoms with Gasteiger partial charge in [0.05, 0.1) is 12.0 Å². The highest BCUT2D eigenvalue weighted by molar-refractivity contribution is 7.91. The summed E-state index contributed by atoms with van der Waals surface area (Å²) >= 11 is -0.999. The van der Waals surface area contributed by atoms with Gasteiger partial charge in [0, 0.05) is 16.8 Å². The molecule has 1 unspecified atom stereocenters. The Hall–Kier alpha value is -1.98. The number of benzene rings is 2. The Morgan fingerprint density at radius 1 is 0.967 bits per heavy atom. The van der Waals surface area contributed by atoms with Gasteiger partial charge < -0.3 is 14.6 Å². The van der Waals surface area contributed by atoms with E-state index in [1.54, 1.807) is 0 Å². The largest absolute Gasteiger partial charge is 0.611 e. The summed E-state index contributed by atoms with van der Waals surface area (Å²) in [5, 5.41) is 2.91. The molecule has 0 aromatic heterocycles. The van der Waals surface area contributed by atoms with Gasteiger partial charge in [-0.25, -0.2) is 0 Å². The molecule has 1 aliphatic heterocycles. The third-order valence-electron chi connectivity index (χ3n) is 6.63. The second-order valence-electron chi connectivity index (χ2n) is 8.85. The van der Waals surface area contributed by atoms with Gasteiger partial charge in [0.15, 0.2) is 4.90 Å². The summed E-state index contributed by atoms with van der Waals surface area (Å²) in [5.41, 5.74) is 7.42. The molecule has 0 aliphatic carbocycles. The number of rotatable bonds is 7. The van der Waals surface area contributed by atoms with Crippen molar-refractivity contribution in [3.63, 3.8) is 0 Å². The van der Waals surface area contributed by atoms with Crippen molar-refractivity contribution in [2.45, 2.75) is 71.6 Å². The van der Waals surface area contributed by atoms with Crippen molar-refractivity contribution in [2.75, 3.05) is 17.7 Å². The Labute approximate surface area is 183 Å².